The highest BCUT2D eigenvalue weighted by Crippen LogP contribution is 2.42. The molecule has 4 heteroatoms. The molecule has 3 rings (SSSR count). The number of halogens is 1. The van der Waals surface area contributed by atoms with Crippen molar-refractivity contribution in [3.8, 4) is 0 Å². The average molecular weight is 295 g/mol. The van der Waals surface area contributed by atoms with Crippen LogP contribution in [0.4, 0.5) is 5.69 Å². The Bertz CT molecular complexity index is 466. The number of piperidine rings is 1. The molecule has 1 saturated carbocycles. The molecule has 1 aliphatic heterocycles. The summed E-state index contributed by atoms with van der Waals surface area (Å²) in [6, 6.07) is 7.02. The molecule has 2 unspecified atom stereocenters. The lowest BCUT2D eigenvalue weighted by Gasteiger charge is -2.31. The molecule has 2 atom stereocenters. The van der Waals surface area contributed by atoms with Crippen molar-refractivity contribution in [2.45, 2.75) is 31.8 Å². The van der Waals surface area contributed by atoms with E-state index in [4.69, 9.17) is 16.3 Å². The van der Waals surface area contributed by atoms with Gasteiger partial charge in [0.25, 0.3) is 0 Å². The Hall–Kier alpha value is -0.770. The summed E-state index contributed by atoms with van der Waals surface area (Å²) in [7, 11) is 1.73. The van der Waals surface area contributed by atoms with Crippen LogP contribution in [0.15, 0.2) is 18.2 Å². The van der Waals surface area contributed by atoms with E-state index in [-0.39, 0.29) is 0 Å². The lowest BCUT2D eigenvalue weighted by molar-refractivity contribution is 0.199. The summed E-state index contributed by atoms with van der Waals surface area (Å²) in [6.45, 7) is 3.60. The minimum Gasteiger partial charge on any atom is -0.383 e. The third kappa shape index (κ3) is 2.80. The van der Waals surface area contributed by atoms with Gasteiger partial charge in [-0.2, -0.15) is 0 Å². The molecule has 1 aromatic carbocycles. The Morgan fingerprint density at radius 2 is 2.30 bits per heavy atom. The van der Waals surface area contributed by atoms with Crippen molar-refractivity contribution in [3.63, 3.8) is 0 Å². The first-order chi connectivity index (χ1) is 9.79. The molecule has 1 saturated heterocycles. The molecule has 20 heavy (non-hydrogen) atoms. The lowest BCUT2D eigenvalue weighted by atomic mass is 10.1. The number of benzene rings is 1. The smallest absolute Gasteiger partial charge is 0.0587 e. The van der Waals surface area contributed by atoms with E-state index >= 15 is 0 Å². The van der Waals surface area contributed by atoms with Crippen LogP contribution in [0, 0.1) is 5.92 Å². The van der Waals surface area contributed by atoms with Crippen LogP contribution in [0.5, 0.6) is 0 Å². The number of anilines is 1. The maximum Gasteiger partial charge on any atom is 0.0587 e. The number of nitrogens with zero attached hydrogens (tertiary/aromatic N) is 1. The van der Waals surface area contributed by atoms with Gasteiger partial charge in [0.15, 0.2) is 0 Å². The van der Waals surface area contributed by atoms with Crippen molar-refractivity contribution in [1.82, 2.24) is 5.32 Å². The number of hydrogen-bond acceptors (Lipinski definition) is 3. The molecule has 2 fully saturated rings. The molecular formula is C16H23ClN2O. The zero-order valence-corrected chi connectivity index (χ0v) is 12.8. The summed E-state index contributed by atoms with van der Waals surface area (Å²) in [5.74, 6) is 0.897. The van der Waals surface area contributed by atoms with Crippen LogP contribution < -0.4 is 10.2 Å². The number of methoxy groups -OCH3 is 1. The fourth-order valence-electron chi connectivity index (χ4n) is 3.60. The zero-order valence-electron chi connectivity index (χ0n) is 12.1. The van der Waals surface area contributed by atoms with E-state index in [1.807, 2.05) is 6.07 Å². The largest absolute Gasteiger partial charge is 0.383 e. The van der Waals surface area contributed by atoms with Crippen LogP contribution in [0.1, 0.15) is 24.8 Å². The van der Waals surface area contributed by atoms with Gasteiger partial charge in [0, 0.05) is 49.1 Å². The molecule has 1 aliphatic carbocycles. The van der Waals surface area contributed by atoms with Crippen LogP contribution in [-0.2, 0) is 11.3 Å². The first-order valence-corrected chi connectivity index (χ1v) is 7.91. The van der Waals surface area contributed by atoms with Crippen molar-refractivity contribution >= 4 is 17.3 Å². The van der Waals surface area contributed by atoms with Crippen LogP contribution in [0.2, 0.25) is 5.02 Å². The zero-order chi connectivity index (χ0) is 13.9. The van der Waals surface area contributed by atoms with Crippen molar-refractivity contribution in [1.29, 1.82) is 0 Å². The first-order valence-electron chi connectivity index (χ1n) is 7.53. The molecular weight excluding hydrogens is 272 g/mol. The summed E-state index contributed by atoms with van der Waals surface area (Å²) < 4.78 is 5.07. The fraction of sp³-hybridized carbons (Fsp3) is 0.625. The van der Waals surface area contributed by atoms with Gasteiger partial charge in [-0.3, -0.25) is 0 Å². The monoisotopic (exact) mass is 294 g/mol. The summed E-state index contributed by atoms with van der Waals surface area (Å²) >= 11 is 6.42. The molecule has 1 N–H and O–H groups in total. The van der Waals surface area contributed by atoms with E-state index in [2.05, 4.69) is 22.3 Å². The number of nitrogens with one attached hydrogen (secondary N) is 1. The molecule has 110 valence electrons. The Kier molecular flexibility index (Phi) is 4.49. The van der Waals surface area contributed by atoms with Gasteiger partial charge in [-0.05, 0) is 37.3 Å². The number of hydrogen-bond donors (Lipinski definition) is 1. The molecule has 2 aliphatic rings. The minimum atomic E-state index is 0.730. The predicted octanol–water partition coefficient (Wildman–Crippen LogP) is 3.06. The molecule has 0 spiro atoms. The van der Waals surface area contributed by atoms with Gasteiger partial charge in [-0.15, -0.1) is 0 Å². The third-order valence-electron chi connectivity index (χ3n) is 4.60. The maximum atomic E-state index is 6.42. The van der Waals surface area contributed by atoms with E-state index in [9.17, 15) is 0 Å². The standard InChI is InChI=1S/C16H23ClN2O/c1-20-8-7-18-10-14-15(17)3-2-4-16(14)19-11-12-5-6-13(19)9-12/h2-4,12-13,18H,5-11H2,1H3. The SMILES string of the molecule is COCCNCc1c(Cl)cccc1N1CC2CCC1C2. The third-order valence-corrected chi connectivity index (χ3v) is 4.95. The normalized spacial score (nSPS) is 24.6. The van der Waals surface area contributed by atoms with Gasteiger partial charge in [0.1, 0.15) is 0 Å². The highest BCUT2D eigenvalue weighted by molar-refractivity contribution is 6.31. The number of fused-ring (bicyclic) bond motifs is 2. The Labute approximate surface area is 126 Å². The second-order valence-corrected chi connectivity index (χ2v) is 6.30. The van der Waals surface area contributed by atoms with Crippen LogP contribution in [-0.4, -0.2) is 32.8 Å². The minimum absolute atomic E-state index is 0.730. The fourth-order valence-corrected chi connectivity index (χ4v) is 3.84. The quantitative estimate of drug-likeness (QED) is 0.816. The van der Waals surface area contributed by atoms with Crippen molar-refractivity contribution < 1.29 is 4.74 Å². The van der Waals surface area contributed by atoms with Gasteiger partial charge in [-0.25, -0.2) is 0 Å². The molecule has 1 aromatic rings. The summed E-state index contributed by atoms with van der Waals surface area (Å²) in [5.41, 5.74) is 2.56. The molecule has 0 amide bonds. The lowest BCUT2D eigenvalue weighted by Crippen LogP contribution is -2.33. The second kappa shape index (κ2) is 6.33. The molecule has 1 heterocycles. The maximum absolute atomic E-state index is 6.42. The predicted molar refractivity (Wildman–Crippen MR) is 83.5 cm³/mol. The van der Waals surface area contributed by atoms with Gasteiger partial charge in [-0.1, -0.05) is 17.7 Å². The Morgan fingerprint density at radius 1 is 1.40 bits per heavy atom. The number of rotatable bonds is 6. The molecule has 0 radical (unpaired) electrons. The van der Waals surface area contributed by atoms with Crippen LogP contribution >= 0.6 is 11.6 Å². The van der Waals surface area contributed by atoms with Crippen molar-refractivity contribution in [3.05, 3.63) is 28.8 Å². The van der Waals surface area contributed by atoms with Gasteiger partial charge in [0.05, 0.1) is 6.61 Å². The van der Waals surface area contributed by atoms with E-state index in [0.717, 1.165) is 36.7 Å². The van der Waals surface area contributed by atoms with E-state index in [1.165, 1.54) is 37.1 Å². The summed E-state index contributed by atoms with van der Waals surface area (Å²) in [6.07, 6.45) is 4.11. The average Bonchev–Trinajstić information content (AvgIpc) is 3.07. The summed E-state index contributed by atoms with van der Waals surface area (Å²) in [5, 5.41) is 4.29. The van der Waals surface area contributed by atoms with Gasteiger partial charge in [0.2, 0.25) is 0 Å². The molecule has 3 nitrogen and oxygen atoms in total. The van der Waals surface area contributed by atoms with Gasteiger partial charge < -0.3 is 15.0 Å². The number of ether oxygens (including phenoxy) is 1. The topological polar surface area (TPSA) is 24.5 Å². The Balaban J connectivity index is 1.74. The van der Waals surface area contributed by atoms with E-state index in [1.54, 1.807) is 7.11 Å². The van der Waals surface area contributed by atoms with E-state index < -0.39 is 0 Å². The molecule has 2 bridgehead atoms. The summed E-state index contributed by atoms with van der Waals surface area (Å²) in [4.78, 5) is 2.58. The molecule has 0 aromatic heterocycles. The first kappa shape index (κ1) is 14.2. The van der Waals surface area contributed by atoms with Crippen LogP contribution in [0.3, 0.4) is 0 Å². The highest BCUT2D eigenvalue weighted by atomic mass is 35.5. The second-order valence-electron chi connectivity index (χ2n) is 5.89. The Morgan fingerprint density at radius 3 is 3.00 bits per heavy atom. The van der Waals surface area contributed by atoms with E-state index in [0.29, 0.717) is 0 Å². The van der Waals surface area contributed by atoms with Gasteiger partial charge >= 0.3 is 0 Å². The van der Waals surface area contributed by atoms with Crippen molar-refractivity contribution in [2.24, 2.45) is 5.92 Å². The van der Waals surface area contributed by atoms with Crippen LogP contribution in [0.25, 0.3) is 0 Å². The van der Waals surface area contributed by atoms with Crippen molar-refractivity contribution in [2.75, 3.05) is 31.7 Å². The highest BCUT2D eigenvalue weighted by Gasteiger charge is 2.38.